The first-order valence-electron chi connectivity index (χ1n) is 9.08. The van der Waals surface area contributed by atoms with E-state index in [-0.39, 0.29) is 5.91 Å². The van der Waals surface area contributed by atoms with Crippen LogP contribution >= 0.6 is 0 Å². The van der Waals surface area contributed by atoms with Crippen molar-refractivity contribution in [1.29, 1.82) is 0 Å². The first-order chi connectivity index (χ1) is 13.2. The third-order valence-electron chi connectivity index (χ3n) is 4.32. The molecule has 2 heterocycles. The van der Waals surface area contributed by atoms with Crippen LogP contribution in [0.1, 0.15) is 29.2 Å². The van der Waals surface area contributed by atoms with E-state index < -0.39 is 0 Å². The van der Waals surface area contributed by atoms with E-state index in [1.54, 1.807) is 36.9 Å². The highest BCUT2D eigenvalue weighted by Gasteiger charge is 2.12. The molecule has 0 unspecified atom stereocenters. The lowest BCUT2D eigenvalue weighted by atomic mass is 10.1. The minimum atomic E-state index is -0.0396. The van der Waals surface area contributed by atoms with Gasteiger partial charge in [-0.15, -0.1) is 0 Å². The summed E-state index contributed by atoms with van der Waals surface area (Å²) in [5.74, 6) is -0.0396. The molecule has 0 saturated carbocycles. The van der Waals surface area contributed by atoms with Gasteiger partial charge in [-0.2, -0.15) is 0 Å². The predicted octanol–water partition coefficient (Wildman–Crippen LogP) is 4.28. The minimum Gasteiger partial charge on any atom is -0.330 e. The summed E-state index contributed by atoms with van der Waals surface area (Å²) in [5, 5.41) is 0. The lowest BCUT2D eigenvalue weighted by molar-refractivity contribution is -0.127. The lowest BCUT2D eigenvalue weighted by Gasteiger charge is -2.21. The van der Waals surface area contributed by atoms with Crippen molar-refractivity contribution in [2.75, 3.05) is 0 Å². The molecule has 0 radical (unpaired) electrons. The van der Waals surface area contributed by atoms with E-state index in [1.807, 2.05) is 29.2 Å². The molecule has 0 N–H and O–H groups in total. The van der Waals surface area contributed by atoms with Crippen molar-refractivity contribution in [1.82, 2.24) is 14.9 Å². The molecule has 0 atom stereocenters. The highest BCUT2D eigenvalue weighted by Crippen LogP contribution is 2.13. The van der Waals surface area contributed by atoms with E-state index in [2.05, 4.69) is 41.2 Å². The second-order valence-electron chi connectivity index (χ2n) is 6.35. The molecule has 4 heteroatoms. The quantitative estimate of drug-likeness (QED) is 0.593. The smallest absolute Gasteiger partial charge is 0.247 e. The number of carbonyl (C=O) groups is 1. The van der Waals surface area contributed by atoms with Gasteiger partial charge in [-0.3, -0.25) is 14.8 Å². The fourth-order valence-corrected chi connectivity index (χ4v) is 2.77. The number of aryl methyl sites for hydroxylation is 1. The van der Waals surface area contributed by atoms with Gasteiger partial charge in [0.15, 0.2) is 0 Å². The highest BCUT2D eigenvalue weighted by atomic mass is 16.2. The van der Waals surface area contributed by atoms with E-state index in [0.29, 0.717) is 13.1 Å². The summed E-state index contributed by atoms with van der Waals surface area (Å²) in [4.78, 5) is 22.9. The maximum absolute atomic E-state index is 12.8. The van der Waals surface area contributed by atoms with Crippen LogP contribution < -0.4 is 0 Å². The van der Waals surface area contributed by atoms with Crippen molar-refractivity contribution in [2.24, 2.45) is 0 Å². The monoisotopic (exact) mass is 357 g/mol. The average molecular weight is 357 g/mol. The fourth-order valence-electron chi connectivity index (χ4n) is 2.77. The van der Waals surface area contributed by atoms with Gasteiger partial charge in [0.2, 0.25) is 5.91 Å². The largest absolute Gasteiger partial charge is 0.330 e. The molecule has 3 aromatic rings. The summed E-state index contributed by atoms with van der Waals surface area (Å²) < 4.78 is 0. The van der Waals surface area contributed by atoms with Crippen molar-refractivity contribution in [3.8, 4) is 0 Å². The van der Waals surface area contributed by atoms with Crippen molar-refractivity contribution < 1.29 is 4.79 Å². The van der Waals surface area contributed by atoms with E-state index in [9.17, 15) is 4.79 Å². The first kappa shape index (κ1) is 18.5. The predicted molar refractivity (Wildman–Crippen MR) is 108 cm³/mol. The molecule has 0 fully saturated rings. The molecule has 4 nitrogen and oxygen atoms in total. The number of hydrogen-bond donors (Lipinski definition) is 0. The van der Waals surface area contributed by atoms with Gasteiger partial charge in [0.25, 0.3) is 0 Å². The Hall–Kier alpha value is -3.27. The van der Waals surface area contributed by atoms with E-state index in [0.717, 1.165) is 23.1 Å². The summed E-state index contributed by atoms with van der Waals surface area (Å²) in [6, 6.07) is 16.1. The van der Waals surface area contributed by atoms with Crippen LogP contribution in [0.3, 0.4) is 0 Å². The van der Waals surface area contributed by atoms with Crippen LogP contribution in [0.4, 0.5) is 0 Å². The molecule has 0 aliphatic carbocycles. The van der Waals surface area contributed by atoms with Crippen LogP contribution in [0.25, 0.3) is 6.08 Å². The SMILES string of the molecule is CCc1ccc(CN(Cc2cccnc2)C(=O)/C=C/c2cccnc2)cc1. The number of pyridine rings is 2. The van der Waals surface area contributed by atoms with Crippen LogP contribution in [0.5, 0.6) is 0 Å². The number of rotatable bonds is 7. The molecule has 0 spiro atoms. The van der Waals surface area contributed by atoms with Crippen LogP contribution in [0.2, 0.25) is 0 Å². The van der Waals surface area contributed by atoms with Gasteiger partial charge >= 0.3 is 0 Å². The molecule has 0 saturated heterocycles. The molecular weight excluding hydrogens is 334 g/mol. The molecule has 3 rings (SSSR count). The molecule has 0 aliphatic heterocycles. The number of aromatic nitrogens is 2. The maximum atomic E-state index is 12.8. The zero-order valence-corrected chi connectivity index (χ0v) is 15.5. The lowest BCUT2D eigenvalue weighted by Crippen LogP contribution is -2.28. The Morgan fingerprint density at radius 1 is 0.889 bits per heavy atom. The summed E-state index contributed by atoms with van der Waals surface area (Å²) in [7, 11) is 0. The zero-order chi connectivity index (χ0) is 18.9. The van der Waals surface area contributed by atoms with Gasteiger partial charge in [0, 0.05) is 44.0 Å². The van der Waals surface area contributed by atoms with E-state index in [1.165, 1.54) is 5.56 Å². The molecule has 136 valence electrons. The second kappa shape index (κ2) is 9.43. The third kappa shape index (κ3) is 5.61. The summed E-state index contributed by atoms with van der Waals surface area (Å²) in [6.07, 6.45) is 11.4. The molecule has 0 bridgehead atoms. The van der Waals surface area contributed by atoms with E-state index in [4.69, 9.17) is 0 Å². The zero-order valence-electron chi connectivity index (χ0n) is 15.5. The number of carbonyl (C=O) groups excluding carboxylic acids is 1. The Labute approximate surface area is 160 Å². The number of benzene rings is 1. The van der Waals surface area contributed by atoms with Crippen molar-refractivity contribution in [3.63, 3.8) is 0 Å². The average Bonchev–Trinajstić information content (AvgIpc) is 2.73. The second-order valence-corrected chi connectivity index (χ2v) is 6.35. The normalized spacial score (nSPS) is 10.9. The Balaban J connectivity index is 1.77. The molecule has 27 heavy (non-hydrogen) atoms. The fraction of sp³-hybridized carbons (Fsp3) is 0.174. The number of nitrogens with zero attached hydrogens (tertiary/aromatic N) is 3. The van der Waals surface area contributed by atoms with Crippen molar-refractivity contribution >= 4 is 12.0 Å². The molecule has 1 amide bonds. The van der Waals surface area contributed by atoms with Gasteiger partial charge in [-0.25, -0.2) is 0 Å². The van der Waals surface area contributed by atoms with E-state index >= 15 is 0 Å². The summed E-state index contributed by atoms with van der Waals surface area (Å²) in [5.41, 5.74) is 4.31. The van der Waals surface area contributed by atoms with Gasteiger partial charge in [-0.05, 0) is 46.9 Å². The van der Waals surface area contributed by atoms with Crippen molar-refractivity contribution in [2.45, 2.75) is 26.4 Å². The Kier molecular flexibility index (Phi) is 6.47. The van der Waals surface area contributed by atoms with Crippen molar-refractivity contribution in [3.05, 3.63) is 102 Å². The highest BCUT2D eigenvalue weighted by molar-refractivity contribution is 5.91. The molecule has 0 aliphatic rings. The summed E-state index contributed by atoms with van der Waals surface area (Å²) >= 11 is 0. The molecular formula is C23H23N3O. The standard InChI is InChI=1S/C23H23N3O/c1-2-19-7-9-21(10-8-19)17-26(18-22-6-4-14-25-16-22)23(27)12-11-20-5-3-13-24-15-20/h3-16H,2,17-18H2,1H3/b12-11+. The topological polar surface area (TPSA) is 46.1 Å². The minimum absolute atomic E-state index is 0.0396. The summed E-state index contributed by atoms with van der Waals surface area (Å²) in [6.45, 7) is 3.20. The van der Waals surface area contributed by atoms with Gasteiger partial charge in [0.05, 0.1) is 0 Å². The Morgan fingerprint density at radius 3 is 2.19 bits per heavy atom. The molecule has 1 aromatic carbocycles. The first-order valence-corrected chi connectivity index (χ1v) is 9.08. The number of hydrogen-bond acceptors (Lipinski definition) is 3. The van der Waals surface area contributed by atoms with Crippen LogP contribution in [-0.2, 0) is 24.3 Å². The van der Waals surface area contributed by atoms with Gasteiger partial charge in [-0.1, -0.05) is 43.3 Å². The third-order valence-corrected chi connectivity index (χ3v) is 4.32. The van der Waals surface area contributed by atoms with Gasteiger partial charge in [0.1, 0.15) is 0 Å². The van der Waals surface area contributed by atoms with Crippen LogP contribution in [0.15, 0.2) is 79.4 Å². The number of amides is 1. The van der Waals surface area contributed by atoms with Crippen LogP contribution in [-0.4, -0.2) is 20.8 Å². The molecule has 2 aromatic heterocycles. The van der Waals surface area contributed by atoms with Crippen LogP contribution in [0, 0.1) is 0 Å². The maximum Gasteiger partial charge on any atom is 0.247 e. The Morgan fingerprint density at radius 2 is 1.56 bits per heavy atom. The van der Waals surface area contributed by atoms with Gasteiger partial charge < -0.3 is 4.90 Å². The Bertz CT molecular complexity index is 875.